The highest BCUT2D eigenvalue weighted by atomic mass is 19.1. The first-order chi connectivity index (χ1) is 11.5. The van der Waals surface area contributed by atoms with E-state index in [1.807, 2.05) is 12.1 Å². The second-order valence-electron chi connectivity index (χ2n) is 7.98. The van der Waals surface area contributed by atoms with Gasteiger partial charge < -0.3 is 10.2 Å². The highest BCUT2D eigenvalue weighted by molar-refractivity contribution is 5.23. The monoisotopic (exact) mass is 333 g/mol. The summed E-state index contributed by atoms with van der Waals surface area (Å²) in [5, 5.41) is 3.79. The molecule has 2 aliphatic rings. The van der Waals surface area contributed by atoms with Crippen LogP contribution in [-0.2, 0) is 0 Å². The van der Waals surface area contributed by atoms with Crippen LogP contribution >= 0.6 is 0 Å². The quantitative estimate of drug-likeness (QED) is 0.863. The Morgan fingerprint density at radius 3 is 2.29 bits per heavy atom. The molecule has 1 unspecified atom stereocenters. The lowest BCUT2D eigenvalue weighted by Crippen LogP contribution is -2.55. The van der Waals surface area contributed by atoms with Gasteiger partial charge in [-0.25, -0.2) is 4.39 Å². The molecule has 0 radical (unpaired) electrons. The third kappa shape index (κ3) is 4.35. The maximum absolute atomic E-state index is 13.0. The van der Waals surface area contributed by atoms with E-state index < -0.39 is 0 Å². The normalized spacial score (nSPS) is 27.2. The van der Waals surface area contributed by atoms with Gasteiger partial charge in [0, 0.05) is 44.8 Å². The fourth-order valence-corrected chi connectivity index (χ4v) is 4.02. The SMILES string of the molecule is CC(C)C(CNC1CC(c2ccc(F)cc2)C1)N1CCN(C)CC1. The molecule has 1 aromatic rings. The molecule has 24 heavy (non-hydrogen) atoms. The molecule has 1 aliphatic carbocycles. The highest BCUT2D eigenvalue weighted by Crippen LogP contribution is 2.36. The van der Waals surface area contributed by atoms with E-state index in [4.69, 9.17) is 0 Å². The molecule has 0 bridgehead atoms. The second-order valence-corrected chi connectivity index (χ2v) is 7.98. The lowest BCUT2D eigenvalue weighted by Gasteiger charge is -2.42. The van der Waals surface area contributed by atoms with Crippen LogP contribution in [0.5, 0.6) is 0 Å². The number of nitrogens with one attached hydrogen (secondary N) is 1. The summed E-state index contributed by atoms with van der Waals surface area (Å²) in [6.45, 7) is 10.5. The summed E-state index contributed by atoms with van der Waals surface area (Å²) in [4.78, 5) is 5.08. The van der Waals surface area contributed by atoms with Gasteiger partial charge in [-0.15, -0.1) is 0 Å². The van der Waals surface area contributed by atoms with Crippen molar-refractivity contribution in [1.82, 2.24) is 15.1 Å². The van der Waals surface area contributed by atoms with Gasteiger partial charge in [0.1, 0.15) is 5.82 Å². The van der Waals surface area contributed by atoms with Gasteiger partial charge in [-0.05, 0) is 49.4 Å². The Balaban J connectivity index is 1.44. The molecule has 4 heteroatoms. The van der Waals surface area contributed by atoms with Crippen molar-refractivity contribution in [3.63, 3.8) is 0 Å². The Morgan fingerprint density at radius 2 is 1.71 bits per heavy atom. The van der Waals surface area contributed by atoms with Crippen LogP contribution in [0.4, 0.5) is 4.39 Å². The van der Waals surface area contributed by atoms with Gasteiger partial charge in [0.25, 0.3) is 0 Å². The number of benzene rings is 1. The maximum Gasteiger partial charge on any atom is 0.123 e. The molecule has 1 atom stereocenters. The summed E-state index contributed by atoms with van der Waals surface area (Å²) in [6, 6.07) is 8.29. The molecule has 134 valence electrons. The molecule has 0 aromatic heterocycles. The second kappa shape index (κ2) is 7.94. The van der Waals surface area contributed by atoms with Crippen molar-refractivity contribution in [2.75, 3.05) is 39.8 Å². The molecule has 3 nitrogen and oxygen atoms in total. The Kier molecular flexibility index (Phi) is 5.90. The first-order valence-corrected chi connectivity index (χ1v) is 9.44. The smallest absolute Gasteiger partial charge is 0.123 e. The van der Waals surface area contributed by atoms with Crippen molar-refractivity contribution in [1.29, 1.82) is 0 Å². The lowest BCUT2D eigenvalue weighted by molar-refractivity contribution is 0.0830. The largest absolute Gasteiger partial charge is 0.312 e. The van der Waals surface area contributed by atoms with Crippen LogP contribution in [0.25, 0.3) is 0 Å². The van der Waals surface area contributed by atoms with Crippen molar-refractivity contribution in [3.8, 4) is 0 Å². The van der Waals surface area contributed by atoms with Crippen molar-refractivity contribution < 1.29 is 4.39 Å². The molecule has 2 fully saturated rings. The summed E-state index contributed by atoms with van der Waals surface area (Å²) in [5.41, 5.74) is 1.29. The number of rotatable bonds is 6. The zero-order valence-electron chi connectivity index (χ0n) is 15.3. The minimum atomic E-state index is -0.139. The van der Waals surface area contributed by atoms with Crippen molar-refractivity contribution in [2.45, 2.75) is 44.7 Å². The third-order valence-electron chi connectivity index (χ3n) is 5.87. The molecule has 1 N–H and O–H groups in total. The zero-order chi connectivity index (χ0) is 17.1. The van der Waals surface area contributed by atoms with Crippen LogP contribution in [0.15, 0.2) is 24.3 Å². The van der Waals surface area contributed by atoms with Crippen molar-refractivity contribution in [3.05, 3.63) is 35.6 Å². The molecule has 0 amide bonds. The number of hydrogen-bond donors (Lipinski definition) is 1. The van der Waals surface area contributed by atoms with Gasteiger partial charge >= 0.3 is 0 Å². The van der Waals surface area contributed by atoms with E-state index >= 15 is 0 Å². The average Bonchev–Trinajstić information content (AvgIpc) is 2.52. The number of likely N-dealkylation sites (N-methyl/N-ethyl adjacent to an activating group) is 1. The summed E-state index contributed by atoms with van der Waals surface area (Å²) < 4.78 is 13.0. The zero-order valence-corrected chi connectivity index (χ0v) is 15.3. The maximum atomic E-state index is 13.0. The topological polar surface area (TPSA) is 18.5 Å². The van der Waals surface area contributed by atoms with E-state index in [2.05, 4.69) is 36.0 Å². The van der Waals surface area contributed by atoms with Crippen LogP contribution in [0.1, 0.15) is 38.2 Å². The highest BCUT2D eigenvalue weighted by Gasteiger charge is 2.32. The van der Waals surface area contributed by atoms with Gasteiger partial charge in [0.15, 0.2) is 0 Å². The molecule has 3 rings (SSSR count). The minimum absolute atomic E-state index is 0.139. The molecular formula is C20H32FN3. The minimum Gasteiger partial charge on any atom is -0.312 e. The molecule has 1 aliphatic heterocycles. The molecular weight excluding hydrogens is 301 g/mol. The molecule has 0 spiro atoms. The van der Waals surface area contributed by atoms with E-state index in [-0.39, 0.29) is 5.82 Å². The predicted molar refractivity (Wildman–Crippen MR) is 97.9 cm³/mol. The fraction of sp³-hybridized carbons (Fsp3) is 0.700. The molecule has 1 saturated carbocycles. The number of hydrogen-bond acceptors (Lipinski definition) is 3. The third-order valence-corrected chi connectivity index (χ3v) is 5.87. The van der Waals surface area contributed by atoms with Gasteiger partial charge in [0.2, 0.25) is 0 Å². The van der Waals surface area contributed by atoms with Crippen LogP contribution in [0.2, 0.25) is 0 Å². The summed E-state index contributed by atoms with van der Waals surface area (Å²) in [7, 11) is 2.21. The van der Waals surface area contributed by atoms with E-state index in [1.165, 1.54) is 44.6 Å². The van der Waals surface area contributed by atoms with E-state index in [1.54, 1.807) is 12.1 Å². The van der Waals surface area contributed by atoms with Gasteiger partial charge in [0.05, 0.1) is 0 Å². The summed E-state index contributed by atoms with van der Waals surface area (Å²) in [5.74, 6) is 1.14. The number of piperazine rings is 1. The van der Waals surface area contributed by atoms with Crippen molar-refractivity contribution >= 4 is 0 Å². The van der Waals surface area contributed by atoms with Crippen LogP contribution in [-0.4, -0.2) is 61.7 Å². The van der Waals surface area contributed by atoms with E-state index in [0.29, 0.717) is 23.9 Å². The van der Waals surface area contributed by atoms with Crippen LogP contribution < -0.4 is 5.32 Å². The lowest BCUT2D eigenvalue weighted by atomic mass is 9.76. The van der Waals surface area contributed by atoms with E-state index in [0.717, 1.165) is 6.54 Å². The van der Waals surface area contributed by atoms with Crippen LogP contribution in [0, 0.1) is 11.7 Å². The first kappa shape index (κ1) is 17.8. The van der Waals surface area contributed by atoms with Crippen LogP contribution in [0.3, 0.4) is 0 Å². The van der Waals surface area contributed by atoms with Gasteiger partial charge in [-0.3, -0.25) is 4.90 Å². The Hall–Kier alpha value is -0.970. The molecule has 1 aromatic carbocycles. The number of nitrogens with zero attached hydrogens (tertiary/aromatic N) is 2. The predicted octanol–water partition coefficient (Wildman–Crippen LogP) is 2.93. The Labute approximate surface area is 146 Å². The average molecular weight is 333 g/mol. The first-order valence-electron chi connectivity index (χ1n) is 9.44. The van der Waals surface area contributed by atoms with E-state index in [9.17, 15) is 4.39 Å². The number of halogens is 1. The van der Waals surface area contributed by atoms with Gasteiger partial charge in [-0.2, -0.15) is 0 Å². The summed E-state index contributed by atoms with van der Waals surface area (Å²) in [6.07, 6.45) is 2.36. The Morgan fingerprint density at radius 1 is 1.08 bits per heavy atom. The molecule has 1 heterocycles. The molecule has 1 saturated heterocycles. The standard InChI is InChI=1S/C20H32FN3/c1-15(2)20(24-10-8-23(3)9-11-24)14-22-19-12-17(13-19)16-4-6-18(21)7-5-16/h4-7,15,17,19-20,22H,8-14H2,1-3H3. The summed E-state index contributed by atoms with van der Waals surface area (Å²) >= 11 is 0. The van der Waals surface area contributed by atoms with Gasteiger partial charge in [-0.1, -0.05) is 26.0 Å². The van der Waals surface area contributed by atoms with Crippen molar-refractivity contribution in [2.24, 2.45) is 5.92 Å². The fourth-order valence-electron chi connectivity index (χ4n) is 4.02. The Bertz CT molecular complexity index is 502.